The van der Waals surface area contributed by atoms with Crippen molar-refractivity contribution in [2.75, 3.05) is 0 Å². The summed E-state index contributed by atoms with van der Waals surface area (Å²) in [5.74, 6) is -0.0795. The van der Waals surface area contributed by atoms with Gasteiger partial charge in [-0.15, -0.1) is 0 Å². The molecule has 4 nitrogen and oxygen atoms in total. The molecule has 20 heavy (non-hydrogen) atoms. The summed E-state index contributed by atoms with van der Waals surface area (Å²) < 4.78 is 5.80. The molecule has 0 bridgehead atoms. The summed E-state index contributed by atoms with van der Waals surface area (Å²) in [6.45, 7) is 5.99. The van der Waals surface area contributed by atoms with Crippen LogP contribution in [0.4, 0.5) is 0 Å². The second-order valence-corrected chi connectivity index (χ2v) is 5.03. The molecule has 1 aliphatic rings. The van der Waals surface area contributed by atoms with Gasteiger partial charge in [-0.3, -0.25) is 10.1 Å². The Hall–Kier alpha value is -1.84. The molecule has 1 atom stereocenters. The van der Waals surface area contributed by atoms with Crippen LogP contribution >= 0.6 is 0 Å². The zero-order valence-corrected chi connectivity index (χ0v) is 12.3. The topological polar surface area (TPSA) is 50.7 Å². The van der Waals surface area contributed by atoms with Crippen LogP contribution < -0.4 is 5.32 Å². The minimum Gasteiger partial charge on any atom is -0.448 e. The maximum Gasteiger partial charge on any atom is 0.293 e. The van der Waals surface area contributed by atoms with Crippen molar-refractivity contribution in [1.82, 2.24) is 5.32 Å². The highest BCUT2D eigenvalue weighted by atomic mass is 16.5. The molecular formula is C16H22N2O2. The third-order valence-electron chi connectivity index (χ3n) is 3.91. The van der Waals surface area contributed by atoms with Crippen molar-refractivity contribution in [3.63, 3.8) is 0 Å². The number of benzene rings is 1. The van der Waals surface area contributed by atoms with Crippen LogP contribution in [-0.2, 0) is 9.53 Å². The summed E-state index contributed by atoms with van der Waals surface area (Å²) in [5, 5.41) is 2.77. The first kappa shape index (κ1) is 14.6. The highest BCUT2D eigenvalue weighted by Crippen LogP contribution is 2.28. The number of amidine groups is 1. The lowest BCUT2D eigenvalue weighted by Gasteiger charge is -2.21. The third kappa shape index (κ3) is 2.69. The minimum absolute atomic E-state index is 0.0102. The standard InChI is InChI=1S/C16H22N2O2/c1-4-13(12-10-8-7-9-11-12)17-15-18-14(19)16(5-2,6-3)20-15/h7-11,13H,4-6H2,1-3H3,(H,17,18,19)/t13-/m0/s1. The fourth-order valence-corrected chi connectivity index (χ4v) is 2.46. The normalized spacial score (nSPS) is 20.6. The van der Waals surface area contributed by atoms with E-state index in [2.05, 4.69) is 17.2 Å². The van der Waals surface area contributed by atoms with Crippen LogP contribution in [-0.4, -0.2) is 17.5 Å². The van der Waals surface area contributed by atoms with E-state index in [0.29, 0.717) is 18.9 Å². The summed E-state index contributed by atoms with van der Waals surface area (Å²) in [7, 11) is 0. The Balaban J connectivity index is 2.21. The molecule has 1 aromatic rings. The van der Waals surface area contributed by atoms with Gasteiger partial charge < -0.3 is 4.74 Å². The highest BCUT2D eigenvalue weighted by Gasteiger charge is 2.44. The van der Waals surface area contributed by atoms with Crippen molar-refractivity contribution >= 4 is 11.9 Å². The van der Waals surface area contributed by atoms with Gasteiger partial charge in [-0.2, -0.15) is 0 Å². The second-order valence-electron chi connectivity index (χ2n) is 5.03. The smallest absolute Gasteiger partial charge is 0.293 e. The highest BCUT2D eigenvalue weighted by molar-refractivity contribution is 6.04. The van der Waals surface area contributed by atoms with Gasteiger partial charge in [0, 0.05) is 0 Å². The van der Waals surface area contributed by atoms with Crippen LogP contribution in [0, 0.1) is 0 Å². The number of nitrogens with zero attached hydrogens (tertiary/aromatic N) is 1. The van der Waals surface area contributed by atoms with Crippen molar-refractivity contribution in [1.29, 1.82) is 0 Å². The van der Waals surface area contributed by atoms with E-state index in [1.165, 1.54) is 0 Å². The first-order valence-corrected chi connectivity index (χ1v) is 7.28. The van der Waals surface area contributed by atoms with E-state index < -0.39 is 5.60 Å². The lowest BCUT2D eigenvalue weighted by atomic mass is 9.97. The van der Waals surface area contributed by atoms with Crippen LogP contribution in [0.2, 0.25) is 0 Å². The van der Waals surface area contributed by atoms with Gasteiger partial charge in [-0.05, 0) is 24.8 Å². The second kappa shape index (κ2) is 6.07. The van der Waals surface area contributed by atoms with Gasteiger partial charge in [0.05, 0.1) is 6.04 Å². The minimum atomic E-state index is -0.742. The van der Waals surface area contributed by atoms with Gasteiger partial charge in [-0.1, -0.05) is 51.1 Å². The molecule has 108 valence electrons. The number of carbonyl (C=O) groups excluding carboxylic acids is 1. The summed E-state index contributed by atoms with van der Waals surface area (Å²) in [6.07, 6.45) is 2.16. The Morgan fingerprint density at radius 1 is 1.20 bits per heavy atom. The SMILES string of the molecule is CC[C@H](N=C1NC(=O)C(CC)(CC)O1)c1ccccc1. The zero-order valence-electron chi connectivity index (χ0n) is 12.3. The molecule has 0 aromatic heterocycles. The number of ether oxygens (including phenoxy) is 1. The van der Waals surface area contributed by atoms with Crippen LogP contribution in [0.3, 0.4) is 0 Å². The third-order valence-corrected chi connectivity index (χ3v) is 3.91. The van der Waals surface area contributed by atoms with Gasteiger partial charge in [0.25, 0.3) is 11.9 Å². The van der Waals surface area contributed by atoms with E-state index in [1.807, 2.05) is 44.2 Å². The number of carbonyl (C=O) groups is 1. The molecule has 0 spiro atoms. The largest absolute Gasteiger partial charge is 0.448 e. The molecule has 0 saturated carbocycles. The van der Waals surface area contributed by atoms with Gasteiger partial charge >= 0.3 is 0 Å². The summed E-state index contributed by atoms with van der Waals surface area (Å²) in [5.41, 5.74) is 0.388. The van der Waals surface area contributed by atoms with Crippen molar-refractivity contribution < 1.29 is 9.53 Å². The predicted octanol–water partition coefficient (Wildman–Crippen LogP) is 3.20. The van der Waals surface area contributed by atoms with E-state index >= 15 is 0 Å². The summed E-state index contributed by atoms with van der Waals surface area (Å²) in [6, 6.07) is 10.4. The molecule has 0 radical (unpaired) electrons. The fraction of sp³-hybridized carbons (Fsp3) is 0.500. The average Bonchev–Trinajstić information content (AvgIpc) is 2.82. The van der Waals surface area contributed by atoms with Gasteiger partial charge in [0.1, 0.15) is 0 Å². The average molecular weight is 274 g/mol. The first-order chi connectivity index (χ1) is 9.65. The van der Waals surface area contributed by atoms with Crippen molar-refractivity contribution in [2.45, 2.75) is 51.7 Å². The summed E-state index contributed by atoms with van der Waals surface area (Å²) in [4.78, 5) is 16.6. The predicted molar refractivity (Wildman–Crippen MR) is 79.4 cm³/mol. The number of aliphatic imine (C=N–C) groups is 1. The van der Waals surface area contributed by atoms with E-state index in [0.717, 1.165) is 12.0 Å². The molecule has 1 saturated heterocycles. The Labute approximate surface area is 120 Å². The van der Waals surface area contributed by atoms with E-state index in [-0.39, 0.29) is 11.9 Å². The molecule has 2 rings (SSSR count). The molecule has 4 heteroatoms. The first-order valence-electron chi connectivity index (χ1n) is 7.28. The summed E-state index contributed by atoms with van der Waals surface area (Å²) >= 11 is 0. The lowest BCUT2D eigenvalue weighted by molar-refractivity contribution is -0.131. The molecule has 1 N–H and O–H groups in total. The van der Waals surface area contributed by atoms with E-state index in [9.17, 15) is 4.79 Å². The van der Waals surface area contributed by atoms with Crippen molar-refractivity contribution in [3.05, 3.63) is 35.9 Å². The Morgan fingerprint density at radius 3 is 2.35 bits per heavy atom. The monoisotopic (exact) mass is 274 g/mol. The maximum absolute atomic E-state index is 12.1. The molecular weight excluding hydrogens is 252 g/mol. The molecule has 1 amide bonds. The molecule has 1 aromatic carbocycles. The Morgan fingerprint density at radius 2 is 1.85 bits per heavy atom. The van der Waals surface area contributed by atoms with Gasteiger partial charge in [0.15, 0.2) is 5.60 Å². The Bertz CT molecular complexity index is 492. The molecule has 0 unspecified atom stereocenters. The molecule has 0 aliphatic carbocycles. The van der Waals surface area contributed by atoms with Crippen molar-refractivity contribution in [3.8, 4) is 0 Å². The fourth-order valence-electron chi connectivity index (χ4n) is 2.46. The number of hydrogen-bond donors (Lipinski definition) is 1. The quantitative estimate of drug-likeness (QED) is 0.896. The van der Waals surface area contributed by atoms with Crippen LogP contribution in [0.25, 0.3) is 0 Å². The van der Waals surface area contributed by atoms with Crippen LogP contribution in [0.5, 0.6) is 0 Å². The molecule has 1 aliphatic heterocycles. The van der Waals surface area contributed by atoms with Crippen LogP contribution in [0.15, 0.2) is 35.3 Å². The van der Waals surface area contributed by atoms with Gasteiger partial charge in [-0.25, -0.2) is 4.99 Å². The van der Waals surface area contributed by atoms with Crippen molar-refractivity contribution in [2.24, 2.45) is 4.99 Å². The molecule has 1 heterocycles. The number of amides is 1. The maximum atomic E-state index is 12.1. The molecule has 1 fully saturated rings. The zero-order chi connectivity index (χ0) is 14.6. The van der Waals surface area contributed by atoms with Gasteiger partial charge in [0.2, 0.25) is 0 Å². The number of nitrogens with one attached hydrogen (secondary N) is 1. The number of rotatable bonds is 5. The number of hydrogen-bond acceptors (Lipinski definition) is 3. The van der Waals surface area contributed by atoms with E-state index in [4.69, 9.17) is 4.74 Å². The van der Waals surface area contributed by atoms with Crippen LogP contribution in [0.1, 0.15) is 51.6 Å². The van der Waals surface area contributed by atoms with E-state index in [1.54, 1.807) is 0 Å². The Kier molecular flexibility index (Phi) is 4.42. The lowest BCUT2D eigenvalue weighted by Crippen LogP contribution is -2.37.